The number of rotatable bonds is 3. The first-order chi connectivity index (χ1) is 6.50. The van der Waals surface area contributed by atoms with E-state index in [1.165, 1.54) is 0 Å². The lowest BCUT2D eigenvalue weighted by atomic mass is 10.1. The molecule has 0 aliphatic carbocycles. The number of carbonyl (C=O) groups is 1. The summed E-state index contributed by atoms with van der Waals surface area (Å²) in [5.41, 5.74) is 6.59. The highest BCUT2D eigenvalue weighted by Gasteiger charge is 2.05. The van der Waals surface area contributed by atoms with Crippen molar-refractivity contribution in [1.29, 1.82) is 0 Å². The van der Waals surface area contributed by atoms with E-state index in [0.717, 1.165) is 11.3 Å². The highest BCUT2D eigenvalue weighted by atomic mass is 16.5. The molecule has 0 unspecified atom stereocenters. The number of carbonyl (C=O) groups excluding carboxylic acids is 1. The van der Waals surface area contributed by atoms with Gasteiger partial charge in [0.05, 0.1) is 6.10 Å². The van der Waals surface area contributed by atoms with E-state index in [9.17, 15) is 4.79 Å². The maximum atomic E-state index is 10.9. The summed E-state index contributed by atoms with van der Waals surface area (Å²) < 4.78 is 5.53. The second kappa shape index (κ2) is 4.13. The van der Waals surface area contributed by atoms with Crippen LogP contribution in [0.3, 0.4) is 0 Å². The molecule has 0 aliphatic heterocycles. The Labute approximate surface area is 83.9 Å². The van der Waals surface area contributed by atoms with Crippen LogP contribution in [0.15, 0.2) is 18.2 Å². The molecule has 14 heavy (non-hydrogen) atoms. The summed E-state index contributed by atoms with van der Waals surface area (Å²) in [5.74, 6) is 0.384. The van der Waals surface area contributed by atoms with Crippen LogP contribution in [0.4, 0.5) is 0 Å². The molecule has 0 saturated carbocycles. The van der Waals surface area contributed by atoms with Crippen LogP contribution in [0.2, 0.25) is 0 Å². The third-order valence-corrected chi connectivity index (χ3v) is 1.82. The Kier molecular flexibility index (Phi) is 3.12. The Balaban J connectivity index is 2.95. The lowest BCUT2D eigenvalue weighted by molar-refractivity contribution is 0.1000. The maximum Gasteiger partial charge on any atom is 0.248 e. The van der Waals surface area contributed by atoms with Crippen LogP contribution < -0.4 is 10.5 Å². The average Bonchev–Trinajstić information content (AvgIpc) is 2.07. The number of benzene rings is 1. The highest BCUT2D eigenvalue weighted by Crippen LogP contribution is 2.20. The molecule has 0 bridgehead atoms. The summed E-state index contributed by atoms with van der Waals surface area (Å²) in [6, 6.07) is 5.18. The second-order valence-electron chi connectivity index (χ2n) is 3.51. The van der Waals surface area contributed by atoms with Gasteiger partial charge in [-0.05, 0) is 44.5 Å². The van der Waals surface area contributed by atoms with Gasteiger partial charge < -0.3 is 10.5 Å². The van der Waals surface area contributed by atoms with Gasteiger partial charge in [-0.2, -0.15) is 0 Å². The van der Waals surface area contributed by atoms with E-state index >= 15 is 0 Å². The summed E-state index contributed by atoms with van der Waals surface area (Å²) in [6.07, 6.45) is 0.133. The summed E-state index contributed by atoms with van der Waals surface area (Å²) in [7, 11) is 0. The van der Waals surface area contributed by atoms with Gasteiger partial charge in [-0.3, -0.25) is 4.79 Å². The van der Waals surface area contributed by atoms with Gasteiger partial charge >= 0.3 is 0 Å². The lowest BCUT2D eigenvalue weighted by Gasteiger charge is -2.12. The third kappa shape index (κ3) is 2.49. The first-order valence-corrected chi connectivity index (χ1v) is 4.58. The van der Waals surface area contributed by atoms with E-state index in [1.807, 2.05) is 20.8 Å². The van der Waals surface area contributed by atoms with E-state index in [-0.39, 0.29) is 6.10 Å². The molecule has 1 aromatic carbocycles. The molecule has 76 valence electrons. The van der Waals surface area contributed by atoms with Gasteiger partial charge in [-0.1, -0.05) is 0 Å². The van der Waals surface area contributed by atoms with Crippen LogP contribution in [0.25, 0.3) is 0 Å². The molecular weight excluding hydrogens is 178 g/mol. The molecule has 1 aromatic rings. The lowest BCUT2D eigenvalue weighted by Crippen LogP contribution is -2.12. The first kappa shape index (κ1) is 10.6. The van der Waals surface area contributed by atoms with Crippen molar-refractivity contribution < 1.29 is 9.53 Å². The summed E-state index contributed by atoms with van der Waals surface area (Å²) in [5, 5.41) is 0. The average molecular weight is 193 g/mol. The van der Waals surface area contributed by atoms with Crippen LogP contribution in [0, 0.1) is 6.92 Å². The molecule has 0 saturated heterocycles. The van der Waals surface area contributed by atoms with Crippen LogP contribution in [0.1, 0.15) is 29.8 Å². The van der Waals surface area contributed by atoms with Crippen molar-refractivity contribution in [2.75, 3.05) is 0 Å². The van der Waals surface area contributed by atoms with E-state index in [0.29, 0.717) is 5.56 Å². The van der Waals surface area contributed by atoms with E-state index in [2.05, 4.69) is 0 Å². The number of nitrogens with two attached hydrogens (primary N) is 1. The predicted molar refractivity (Wildman–Crippen MR) is 55.5 cm³/mol. The van der Waals surface area contributed by atoms with Crippen molar-refractivity contribution >= 4 is 5.91 Å². The molecule has 1 amide bonds. The predicted octanol–water partition coefficient (Wildman–Crippen LogP) is 1.88. The summed E-state index contributed by atoms with van der Waals surface area (Å²) >= 11 is 0. The quantitative estimate of drug-likeness (QED) is 0.796. The molecule has 0 radical (unpaired) electrons. The first-order valence-electron chi connectivity index (χ1n) is 4.58. The van der Waals surface area contributed by atoms with E-state index in [4.69, 9.17) is 10.5 Å². The summed E-state index contributed by atoms with van der Waals surface area (Å²) in [6.45, 7) is 5.81. The van der Waals surface area contributed by atoms with Crippen LogP contribution in [-0.2, 0) is 0 Å². The van der Waals surface area contributed by atoms with Crippen molar-refractivity contribution in [2.24, 2.45) is 5.73 Å². The minimum atomic E-state index is -0.413. The number of aryl methyl sites for hydroxylation is 1. The van der Waals surface area contributed by atoms with Gasteiger partial charge in [0.1, 0.15) is 5.75 Å². The summed E-state index contributed by atoms with van der Waals surface area (Å²) in [4.78, 5) is 10.9. The topological polar surface area (TPSA) is 52.3 Å². The number of primary amides is 1. The third-order valence-electron chi connectivity index (χ3n) is 1.82. The molecular formula is C11H15NO2. The normalized spacial score (nSPS) is 10.3. The molecule has 3 heteroatoms. The Hall–Kier alpha value is -1.51. The van der Waals surface area contributed by atoms with Gasteiger partial charge in [0.25, 0.3) is 0 Å². The Morgan fingerprint density at radius 3 is 2.50 bits per heavy atom. The number of amides is 1. The molecule has 3 nitrogen and oxygen atoms in total. The van der Waals surface area contributed by atoms with Gasteiger partial charge in [-0.15, -0.1) is 0 Å². The van der Waals surface area contributed by atoms with Gasteiger partial charge in [0.2, 0.25) is 5.91 Å². The zero-order valence-electron chi connectivity index (χ0n) is 8.70. The van der Waals surface area contributed by atoms with Crippen molar-refractivity contribution in [3.05, 3.63) is 29.3 Å². The number of hydrogen-bond acceptors (Lipinski definition) is 2. The Morgan fingerprint density at radius 2 is 2.07 bits per heavy atom. The minimum absolute atomic E-state index is 0.133. The molecule has 0 aliphatic rings. The fourth-order valence-corrected chi connectivity index (χ4v) is 1.19. The van der Waals surface area contributed by atoms with Gasteiger partial charge in [0, 0.05) is 5.56 Å². The van der Waals surface area contributed by atoms with E-state index < -0.39 is 5.91 Å². The van der Waals surface area contributed by atoms with Gasteiger partial charge in [0.15, 0.2) is 0 Å². The van der Waals surface area contributed by atoms with Crippen molar-refractivity contribution in [3.63, 3.8) is 0 Å². The standard InChI is InChI=1S/C11H15NO2/c1-7(2)14-10-5-4-9(11(12)13)6-8(10)3/h4-7H,1-3H3,(H2,12,13). The van der Waals surface area contributed by atoms with Crippen LogP contribution in [-0.4, -0.2) is 12.0 Å². The molecule has 0 fully saturated rings. The number of ether oxygens (including phenoxy) is 1. The molecule has 1 rings (SSSR count). The fourth-order valence-electron chi connectivity index (χ4n) is 1.19. The Bertz CT molecular complexity index is 345. The molecule has 2 N–H and O–H groups in total. The van der Waals surface area contributed by atoms with Crippen molar-refractivity contribution in [3.8, 4) is 5.75 Å². The maximum absolute atomic E-state index is 10.9. The van der Waals surface area contributed by atoms with Gasteiger partial charge in [-0.25, -0.2) is 0 Å². The zero-order valence-corrected chi connectivity index (χ0v) is 8.70. The highest BCUT2D eigenvalue weighted by molar-refractivity contribution is 5.93. The molecule has 0 atom stereocenters. The van der Waals surface area contributed by atoms with E-state index in [1.54, 1.807) is 18.2 Å². The van der Waals surface area contributed by atoms with Crippen LogP contribution in [0.5, 0.6) is 5.75 Å². The monoisotopic (exact) mass is 193 g/mol. The fraction of sp³-hybridized carbons (Fsp3) is 0.364. The van der Waals surface area contributed by atoms with Crippen molar-refractivity contribution in [1.82, 2.24) is 0 Å². The molecule has 0 aromatic heterocycles. The van der Waals surface area contributed by atoms with Crippen LogP contribution >= 0.6 is 0 Å². The minimum Gasteiger partial charge on any atom is -0.491 e. The Morgan fingerprint density at radius 1 is 1.43 bits per heavy atom. The van der Waals surface area contributed by atoms with Crippen molar-refractivity contribution in [2.45, 2.75) is 26.9 Å². The second-order valence-corrected chi connectivity index (χ2v) is 3.51. The largest absolute Gasteiger partial charge is 0.491 e. The zero-order chi connectivity index (χ0) is 10.7. The molecule has 0 heterocycles. The molecule has 0 spiro atoms. The SMILES string of the molecule is Cc1cc(C(N)=O)ccc1OC(C)C. The number of hydrogen-bond donors (Lipinski definition) is 1. The smallest absolute Gasteiger partial charge is 0.248 e.